The van der Waals surface area contributed by atoms with E-state index in [1.165, 1.54) is 0 Å². The van der Waals surface area contributed by atoms with Crippen molar-refractivity contribution in [2.45, 2.75) is 25.4 Å². The average molecular weight is 200 g/mol. The van der Waals surface area contributed by atoms with Gasteiger partial charge in [0.05, 0.1) is 0 Å². The maximum atomic E-state index is 10.1. The van der Waals surface area contributed by atoms with Crippen LogP contribution in [0.3, 0.4) is 0 Å². The Balaban J connectivity index is 2.22. The summed E-state index contributed by atoms with van der Waals surface area (Å²) in [5, 5.41) is 13.8. The van der Waals surface area contributed by atoms with Crippen LogP contribution >= 0.6 is 11.8 Å². The summed E-state index contributed by atoms with van der Waals surface area (Å²) in [6, 6.07) is 0. The monoisotopic (exact) mass is 200 g/mol. The number of aryl methyl sites for hydroxylation is 1. The average Bonchev–Trinajstić information content (AvgIpc) is 2.54. The predicted molar refractivity (Wildman–Crippen MR) is 49.5 cm³/mol. The van der Waals surface area contributed by atoms with E-state index >= 15 is 0 Å². The van der Waals surface area contributed by atoms with E-state index in [2.05, 4.69) is 10.1 Å². The van der Waals surface area contributed by atoms with Crippen LogP contribution in [0.1, 0.15) is 24.6 Å². The Labute approximate surface area is 80.7 Å². The second kappa shape index (κ2) is 3.31. The third-order valence-electron chi connectivity index (χ3n) is 2.25. The lowest BCUT2D eigenvalue weighted by Crippen LogP contribution is -2.30. The molecule has 1 aromatic rings. The fraction of sp³-hybridized carbons (Fsp3) is 0.750. The molecule has 13 heavy (non-hydrogen) atoms. The predicted octanol–water partition coefficient (Wildman–Crippen LogP) is 1.09. The molecule has 1 fully saturated rings. The van der Waals surface area contributed by atoms with Crippen molar-refractivity contribution in [2.24, 2.45) is 0 Å². The van der Waals surface area contributed by atoms with Crippen molar-refractivity contribution in [3.05, 3.63) is 11.7 Å². The van der Waals surface area contributed by atoms with Crippen LogP contribution in [0.25, 0.3) is 0 Å². The third kappa shape index (κ3) is 1.71. The SMILES string of the molecule is Cc1noc(C2(O)CCSCC2)n1. The lowest BCUT2D eigenvalue weighted by atomic mass is 9.97. The first kappa shape index (κ1) is 9.02. The van der Waals surface area contributed by atoms with Crippen LogP contribution in [0, 0.1) is 6.92 Å². The van der Waals surface area contributed by atoms with Gasteiger partial charge in [0.15, 0.2) is 5.82 Å². The lowest BCUT2D eigenvalue weighted by molar-refractivity contribution is -0.00351. The van der Waals surface area contributed by atoms with Crippen molar-refractivity contribution in [1.82, 2.24) is 10.1 Å². The lowest BCUT2D eigenvalue weighted by Gasteiger charge is -2.27. The molecule has 2 rings (SSSR count). The zero-order chi connectivity index (χ0) is 9.31. The fourth-order valence-electron chi connectivity index (χ4n) is 1.41. The summed E-state index contributed by atoms with van der Waals surface area (Å²) in [7, 11) is 0. The molecule has 0 spiro atoms. The molecular formula is C8H12N2O2S. The van der Waals surface area contributed by atoms with Crippen molar-refractivity contribution >= 4 is 11.8 Å². The molecule has 2 heterocycles. The normalized spacial score (nSPS) is 21.7. The first-order valence-corrected chi connectivity index (χ1v) is 5.47. The summed E-state index contributed by atoms with van der Waals surface area (Å²) < 4.78 is 4.99. The molecule has 0 atom stereocenters. The van der Waals surface area contributed by atoms with Crippen LogP contribution in [0.15, 0.2) is 4.52 Å². The molecule has 0 unspecified atom stereocenters. The fourth-order valence-corrected chi connectivity index (χ4v) is 2.58. The van der Waals surface area contributed by atoms with Crippen LogP contribution in [-0.4, -0.2) is 26.8 Å². The van der Waals surface area contributed by atoms with E-state index in [0.29, 0.717) is 24.6 Å². The van der Waals surface area contributed by atoms with E-state index in [0.717, 1.165) is 11.5 Å². The Kier molecular flexibility index (Phi) is 2.29. The second-order valence-electron chi connectivity index (χ2n) is 3.29. The van der Waals surface area contributed by atoms with E-state index in [1.54, 1.807) is 6.92 Å². The highest BCUT2D eigenvalue weighted by Gasteiger charge is 2.36. The zero-order valence-electron chi connectivity index (χ0n) is 7.49. The van der Waals surface area contributed by atoms with Gasteiger partial charge in [0.1, 0.15) is 5.60 Å². The van der Waals surface area contributed by atoms with Gasteiger partial charge in [-0.3, -0.25) is 0 Å². The summed E-state index contributed by atoms with van der Waals surface area (Å²) in [6.45, 7) is 1.76. The van der Waals surface area contributed by atoms with E-state index in [4.69, 9.17) is 4.52 Å². The van der Waals surface area contributed by atoms with Gasteiger partial charge in [-0.15, -0.1) is 0 Å². The van der Waals surface area contributed by atoms with Gasteiger partial charge in [0.25, 0.3) is 5.89 Å². The minimum atomic E-state index is -0.869. The highest BCUT2D eigenvalue weighted by Crippen LogP contribution is 2.34. The molecule has 5 heteroatoms. The molecule has 0 aliphatic carbocycles. The van der Waals surface area contributed by atoms with Gasteiger partial charge in [-0.25, -0.2) is 0 Å². The van der Waals surface area contributed by atoms with Gasteiger partial charge in [-0.05, 0) is 31.3 Å². The molecule has 1 saturated heterocycles. The number of rotatable bonds is 1. The van der Waals surface area contributed by atoms with Gasteiger partial charge >= 0.3 is 0 Å². The Morgan fingerprint density at radius 1 is 1.46 bits per heavy atom. The van der Waals surface area contributed by atoms with Gasteiger partial charge in [0, 0.05) is 0 Å². The quantitative estimate of drug-likeness (QED) is 0.735. The van der Waals surface area contributed by atoms with E-state index < -0.39 is 5.60 Å². The molecule has 0 saturated carbocycles. The molecule has 0 bridgehead atoms. The number of aromatic nitrogens is 2. The minimum absolute atomic E-state index is 0.380. The molecule has 72 valence electrons. The maximum Gasteiger partial charge on any atom is 0.258 e. The number of aliphatic hydroxyl groups is 1. The standard InChI is InChI=1S/C8H12N2O2S/c1-6-9-7(12-10-6)8(11)2-4-13-5-3-8/h11H,2-5H2,1H3. The molecule has 1 N–H and O–H groups in total. The number of thioether (sulfide) groups is 1. The number of nitrogens with zero attached hydrogens (tertiary/aromatic N) is 2. The van der Waals surface area contributed by atoms with Gasteiger partial charge in [-0.1, -0.05) is 5.16 Å². The van der Waals surface area contributed by atoms with Gasteiger partial charge in [-0.2, -0.15) is 16.7 Å². The van der Waals surface area contributed by atoms with Crippen molar-refractivity contribution in [2.75, 3.05) is 11.5 Å². The number of hydrogen-bond donors (Lipinski definition) is 1. The highest BCUT2D eigenvalue weighted by atomic mass is 32.2. The number of hydrogen-bond acceptors (Lipinski definition) is 5. The van der Waals surface area contributed by atoms with E-state index in [-0.39, 0.29) is 0 Å². The van der Waals surface area contributed by atoms with E-state index in [1.807, 2.05) is 11.8 Å². The third-order valence-corrected chi connectivity index (χ3v) is 3.23. The van der Waals surface area contributed by atoms with Crippen LogP contribution in [0.5, 0.6) is 0 Å². The van der Waals surface area contributed by atoms with Gasteiger partial charge < -0.3 is 9.63 Å². The summed E-state index contributed by atoms with van der Waals surface area (Å²) >= 11 is 1.85. The molecule has 0 aromatic carbocycles. The van der Waals surface area contributed by atoms with Crippen molar-refractivity contribution in [3.8, 4) is 0 Å². The summed E-state index contributed by atoms with van der Waals surface area (Å²) in [6.07, 6.45) is 1.42. The van der Waals surface area contributed by atoms with Crippen LogP contribution in [0.2, 0.25) is 0 Å². The molecule has 4 nitrogen and oxygen atoms in total. The molecule has 1 aliphatic heterocycles. The zero-order valence-corrected chi connectivity index (χ0v) is 8.30. The van der Waals surface area contributed by atoms with Crippen molar-refractivity contribution in [1.29, 1.82) is 0 Å². The largest absolute Gasteiger partial charge is 0.380 e. The summed E-state index contributed by atoms with van der Waals surface area (Å²) in [5.74, 6) is 2.88. The van der Waals surface area contributed by atoms with Crippen LogP contribution < -0.4 is 0 Å². The Bertz CT molecular complexity index is 294. The van der Waals surface area contributed by atoms with Gasteiger partial charge in [0.2, 0.25) is 0 Å². The molecule has 0 radical (unpaired) electrons. The maximum absolute atomic E-state index is 10.1. The minimum Gasteiger partial charge on any atom is -0.380 e. The Hall–Kier alpha value is -0.550. The van der Waals surface area contributed by atoms with Crippen molar-refractivity contribution in [3.63, 3.8) is 0 Å². The summed E-state index contributed by atoms with van der Waals surface area (Å²) in [4.78, 5) is 4.07. The van der Waals surface area contributed by atoms with Crippen molar-refractivity contribution < 1.29 is 9.63 Å². The van der Waals surface area contributed by atoms with Crippen LogP contribution in [0.4, 0.5) is 0 Å². The Morgan fingerprint density at radius 2 is 2.15 bits per heavy atom. The van der Waals surface area contributed by atoms with E-state index in [9.17, 15) is 5.11 Å². The topological polar surface area (TPSA) is 59.2 Å². The first-order chi connectivity index (χ1) is 6.21. The summed E-state index contributed by atoms with van der Waals surface area (Å²) in [5.41, 5.74) is -0.869. The molecule has 1 aliphatic rings. The first-order valence-electron chi connectivity index (χ1n) is 4.32. The molecule has 1 aromatic heterocycles. The van der Waals surface area contributed by atoms with Crippen LogP contribution in [-0.2, 0) is 5.60 Å². The second-order valence-corrected chi connectivity index (χ2v) is 4.52. The molecule has 0 amide bonds. The smallest absolute Gasteiger partial charge is 0.258 e. The highest BCUT2D eigenvalue weighted by molar-refractivity contribution is 7.99. The Morgan fingerprint density at radius 3 is 2.69 bits per heavy atom. The molecular weight excluding hydrogens is 188 g/mol.